The van der Waals surface area contributed by atoms with Gasteiger partial charge in [0.1, 0.15) is 6.04 Å². The number of nitrogens with two attached hydrogens (primary N) is 1. The molecule has 0 saturated heterocycles. The second-order valence-electron chi connectivity index (χ2n) is 5.04. The summed E-state index contributed by atoms with van der Waals surface area (Å²) in [6, 6.07) is 8.08. The van der Waals surface area contributed by atoms with E-state index < -0.39 is 18.1 Å². The van der Waals surface area contributed by atoms with Gasteiger partial charge in [-0.15, -0.1) is 0 Å². The normalized spacial score (nSPS) is 13.7. The number of methoxy groups -OCH3 is 1. The molecule has 3 N–H and O–H groups in total. The van der Waals surface area contributed by atoms with Gasteiger partial charge >= 0.3 is 5.97 Å². The van der Waals surface area contributed by atoms with Gasteiger partial charge in [-0.3, -0.25) is 4.79 Å². The number of carbonyl (C=O) groups is 2. The van der Waals surface area contributed by atoms with Gasteiger partial charge in [-0.2, -0.15) is 0 Å². The molecule has 110 valence electrons. The molecule has 0 aliphatic carbocycles. The predicted molar refractivity (Wildman–Crippen MR) is 76.9 cm³/mol. The lowest BCUT2D eigenvalue weighted by Crippen LogP contribution is -2.51. The summed E-state index contributed by atoms with van der Waals surface area (Å²) < 4.78 is 4.73. The first kappa shape index (κ1) is 16.2. The van der Waals surface area contributed by atoms with Crippen LogP contribution in [0.1, 0.15) is 19.4 Å². The zero-order valence-corrected chi connectivity index (χ0v) is 12.1. The van der Waals surface area contributed by atoms with Crippen LogP contribution in [-0.4, -0.2) is 31.1 Å². The van der Waals surface area contributed by atoms with Crippen molar-refractivity contribution in [2.75, 3.05) is 7.11 Å². The molecule has 0 aromatic heterocycles. The lowest BCUT2D eigenvalue weighted by atomic mass is 10.0. The number of esters is 1. The molecule has 1 rings (SSSR count). The van der Waals surface area contributed by atoms with Crippen LogP contribution < -0.4 is 11.1 Å². The second-order valence-corrected chi connectivity index (χ2v) is 5.04. The molecule has 5 heteroatoms. The van der Waals surface area contributed by atoms with Crippen molar-refractivity contribution in [3.05, 3.63) is 35.9 Å². The molecule has 0 spiro atoms. The van der Waals surface area contributed by atoms with E-state index in [-0.39, 0.29) is 11.8 Å². The zero-order valence-electron chi connectivity index (χ0n) is 12.1. The smallest absolute Gasteiger partial charge is 0.328 e. The van der Waals surface area contributed by atoms with E-state index in [2.05, 4.69) is 5.32 Å². The van der Waals surface area contributed by atoms with E-state index in [0.29, 0.717) is 6.42 Å². The van der Waals surface area contributed by atoms with Crippen molar-refractivity contribution < 1.29 is 14.3 Å². The maximum Gasteiger partial charge on any atom is 0.328 e. The average Bonchev–Trinajstić information content (AvgIpc) is 2.45. The highest BCUT2D eigenvalue weighted by atomic mass is 16.5. The van der Waals surface area contributed by atoms with Crippen molar-refractivity contribution in [2.45, 2.75) is 32.4 Å². The first-order valence-electron chi connectivity index (χ1n) is 6.63. The van der Waals surface area contributed by atoms with E-state index in [0.717, 1.165) is 5.56 Å². The van der Waals surface area contributed by atoms with Gasteiger partial charge in [0, 0.05) is 6.42 Å². The van der Waals surface area contributed by atoms with Crippen LogP contribution in [0.2, 0.25) is 0 Å². The van der Waals surface area contributed by atoms with Crippen LogP contribution >= 0.6 is 0 Å². The molecule has 0 heterocycles. The third-order valence-electron chi connectivity index (χ3n) is 3.11. The third kappa shape index (κ3) is 4.66. The van der Waals surface area contributed by atoms with Gasteiger partial charge in [-0.1, -0.05) is 44.2 Å². The number of nitrogens with one attached hydrogen (secondary N) is 1. The van der Waals surface area contributed by atoms with Crippen molar-refractivity contribution in [3.8, 4) is 0 Å². The lowest BCUT2D eigenvalue weighted by molar-refractivity contribution is -0.145. The van der Waals surface area contributed by atoms with Gasteiger partial charge in [0.15, 0.2) is 0 Å². The Labute approximate surface area is 119 Å². The Hall–Kier alpha value is -1.88. The first-order valence-corrected chi connectivity index (χ1v) is 6.63. The molecule has 0 bridgehead atoms. The fraction of sp³-hybridized carbons (Fsp3) is 0.467. The minimum absolute atomic E-state index is 0.00465. The molecule has 20 heavy (non-hydrogen) atoms. The fourth-order valence-corrected chi connectivity index (χ4v) is 1.76. The van der Waals surface area contributed by atoms with Crippen LogP contribution in [0.3, 0.4) is 0 Å². The molecule has 1 unspecified atom stereocenters. The van der Waals surface area contributed by atoms with Crippen LogP contribution in [0.5, 0.6) is 0 Å². The number of hydrogen-bond donors (Lipinski definition) is 2. The second kappa shape index (κ2) is 7.65. The standard InChI is InChI=1S/C15H22N2O3/c1-10(2)13(16)14(18)17-12(15(19)20-3)9-11-7-5-4-6-8-11/h4-8,10,12-13H,9,16H2,1-3H3,(H,17,18)/t12?,13-/m1/s1. The number of amides is 1. The maximum absolute atomic E-state index is 12.0. The van der Waals surface area contributed by atoms with Crippen molar-refractivity contribution in [3.63, 3.8) is 0 Å². The molecular formula is C15H22N2O3. The Morgan fingerprint density at radius 3 is 2.35 bits per heavy atom. The van der Waals surface area contributed by atoms with E-state index in [1.54, 1.807) is 0 Å². The van der Waals surface area contributed by atoms with Gasteiger partial charge in [0.2, 0.25) is 5.91 Å². The Morgan fingerprint density at radius 1 is 1.25 bits per heavy atom. The van der Waals surface area contributed by atoms with Crippen molar-refractivity contribution >= 4 is 11.9 Å². The summed E-state index contributed by atoms with van der Waals surface area (Å²) in [7, 11) is 1.30. The number of benzene rings is 1. The van der Waals surface area contributed by atoms with Gasteiger partial charge < -0.3 is 15.8 Å². The van der Waals surface area contributed by atoms with Crippen molar-refractivity contribution in [1.29, 1.82) is 0 Å². The molecule has 2 atom stereocenters. The van der Waals surface area contributed by atoms with Gasteiger partial charge in [0.05, 0.1) is 13.2 Å². The largest absolute Gasteiger partial charge is 0.467 e. The summed E-state index contributed by atoms with van der Waals surface area (Å²) in [5, 5.41) is 2.66. The highest BCUT2D eigenvalue weighted by Crippen LogP contribution is 2.06. The minimum atomic E-state index is -0.723. The van der Waals surface area contributed by atoms with Crippen LogP contribution in [0.15, 0.2) is 30.3 Å². The molecule has 0 radical (unpaired) electrons. The molecule has 0 saturated carbocycles. The number of carbonyl (C=O) groups excluding carboxylic acids is 2. The predicted octanol–water partition coefficient (Wildman–Crippen LogP) is 0.870. The average molecular weight is 278 g/mol. The molecule has 0 aliphatic rings. The van der Waals surface area contributed by atoms with Crippen LogP contribution in [-0.2, 0) is 20.7 Å². The molecule has 0 fully saturated rings. The topological polar surface area (TPSA) is 81.4 Å². The Kier molecular flexibility index (Phi) is 6.18. The number of hydrogen-bond acceptors (Lipinski definition) is 4. The SMILES string of the molecule is COC(=O)C(Cc1ccccc1)NC(=O)[C@H](N)C(C)C. The summed E-state index contributed by atoms with van der Waals surface area (Å²) in [4.78, 5) is 23.7. The van der Waals surface area contributed by atoms with Crippen molar-refractivity contribution in [2.24, 2.45) is 11.7 Å². The highest BCUT2D eigenvalue weighted by Gasteiger charge is 2.25. The Balaban J connectivity index is 2.75. The summed E-state index contributed by atoms with van der Waals surface area (Å²) in [6.45, 7) is 3.71. The molecule has 0 aliphatic heterocycles. The molecule has 1 aromatic carbocycles. The van der Waals surface area contributed by atoms with Crippen LogP contribution in [0.4, 0.5) is 0 Å². The van der Waals surface area contributed by atoms with Gasteiger partial charge in [-0.05, 0) is 11.5 Å². The Bertz CT molecular complexity index is 446. The van der Waals surface area contributed by atoms with Gasteiger partial charge in [0.25, 0.3) is 0 Å². The fourth-order valence-electron chi connectivity index (χ4n) is 1.76. The minimum Gasteiger partial charge on any atom is -0.467 e. The van der Waals surface area contributed by atoms with Crippen LogP contribution in [0, 0.1) is 5.92 Å². The van der Waals surface area contributed by atoms with E-state index in [1.807, 2.05) is 44.2 Å². The van der Waals surface area contributed by atoms with E-state index >= 15 is 0 Å². The summed E-state index contributed by atoms with van der Waals surface area (Å²) in [5.41, 5.74) is 6.72. The molecule has 1 amide bonds. The summed E-state index contributed by atoms with van der Waals surface area (Å²) in [6.07, 6.45) is 0.379. The van der Waals surface area contributed by atoms with Crippen molar-refractivity contribution in [1.82, 2.24) is 5.32 Å². The molecule has 1 aromatic rings. The monoisotopic (exact) mass is 278 g/mol. The lowest BCUT2D eigenvalue weighted by Gasteiger charge is -2.21. The highest BCUT2D eigenvalue weighted by molar-refractivity contribution is 5.87. The maximum atomic E-state index is 12.0. The first-order chi connectivity index (χ1) is 9.45. The zero-order chi connectivity index (χ0) is 15.1. The number of ether oxygens (including phenoxy) is 1. The van der Waals surface area contributed by atoms with Crippen LogP contribution in [0.25, 0.3) is 0 Å². The van der Waals surface area contributed by atoms with E-state index in [9.17, 15) is 9.59 Å². The quantitative estimate of drug-likeness (QED) is 0.757. The Morgan fingerprint density at radius 2 is 1.85 bits per heavy atom. The molecule has 5 nitrogen and oxygen atoms in total. The van der Waals surface area contributed by atoms with E-state index in [4.69, 9.17) is 10.5 Å². The summed E-state index contributed by atoms with van der Waals surface area (Å²) in [5.74, 6) is -0.811. The van der Waals surface area contributed by atoms with Gasteiger partial charge in [-0.25, -0.2) is 4.79 Å². The molecular weight excluding hydrogens is 256 g/mol. The third-order valence-corrected chi connectivity index (χ3v) is 3.11. The van der Waals surface area contributed by atoms with E-state index in [1.165, 1.54) is 7.11 Å². The number of rotatable bonds is 6. The summed E-state index contributed by atoms with van der Waals surface area (Å²) >= 11 is 0.